The van der Waals surface area contributed by atoms with Crippen molar-refractivity contribution in [3.8, 4) is 0 Å². The van der Waals surface area contributed by atoms with Crippen molar-refractivity contribution in [1.82, 2.24) is 0 Å². The van der Waals surface area contributed by atoms with E-state index in [9.17, 15) is 0 Å². The lowest BCUT2D eigenvalue weighted by Crippen LogP contribution is -2.29. The molecule has 1 aliphatic rings. The molecule has 1 saturated heterocycles. The third-order valence-electron chi connectivity index (χ3n) is 3.04. The number of ether oxygens (including phenoxy) is 2. The molecule has 0 aliphatic carbocycles. The molecule has 1 heterocycles. The molecule has 1 aromatic rings. The maximum absolute atomic E-state index is 5.99. The summed E-state index contributed by atoms with van der Waals surface area (Å²) in [6, 6.07) is 10.3. The van der Waals surface area contributed by atoms with Crippen LogP contribution in [0.15, 0.2) is 42.5 Å². The lowest BCUT2D eigenvalue weighted by molar-refractivity contribution is -0.0497. The first-order valence-electron chi connectivity index (χ1n) is 6.77. The first kappa shape index (κ1) is 14.6. The summed E-state index contributed by atoms with van der Waals surface area (Å²) in [6.07, 6.45) is 2.29. The normalized spacial score (nSPS) is 23.2. The van der Waals surface area contributed by atoms with E-state index in [0.717, 1.165) is 25.2 Å². The van der Waals surface area contributed by atoms with Gasteiger partial charge in [0.2, 0.25) is 0 Å². The predicted molar refractivity (Wildman–Crippen MR) is 81.3 cm³/mol. The quantitative estimate of drug-likeness (QED) is 0.732. The average Bonchev–Trinajstić information content (AvgIpc) is 2.44. The minimum atomic E-state index is 0.256. The second kappa shape index (κ2) is 7.73. The van der Waals surface area contributed by atoms with E-state index in [1.54, 1.807) is 0 Å². The number of hydrogen-bond donors (Lipinski definition) is 0. The van der Waals surface area contributed by atoms with Crippen LogP contribution in [-0.2, 0) is 16.1 Å². The van der Waals surface area contributed by atoms with Gasteiger partial charge in [-0.25, -0.2) is 0 Å². The lowest BCUT2D eigenvalue weighted by atomic mass is 10.1. The van der Waals surface area contributed by atoms with Crippen LogP contribution < -0.4 is 0 Å². The van der Waals surface area contributed by atoms with Crippen molar-refractivity contribution >= 4 is 11.8 Å². The zero-order valence-electron chi connectivity index (χ0n) is 11.5. The van der Waals surface area contributed by atoms with Crippen molar-refractivity contribution < 1.29 is 9.47 Å². The van der Waals surface area contributed by atoms with Crippen LogP contribution in [-0.4, -0.2) is 23.9 Å². The van der Waals surface area contributed by atoms with Crippen molar-refractivity contribution in [2.24, 2.45) is 0 Å². The maximum atomic E-state index is 5.99. The van der Waals surface area contributed by atoms with Crippen LogP contribution in [0.5, 0.6) is 0 Å². The topological polar surface area (TPSA) is 18.5 Å². The van der Waals surface area contributed by atoms with Crippen molar-refractivity contribution in [2.75, 3.05) is 12.4 Å². The van der Waals surface area contributed by atoms with Crippen LogP contribution in [0.2, 0.25) is 0 Å². The molecule has 3 heteroatoms. The Morgan fingerprint density at radius 3 is 2.95 bits per heavy atom. The Bertz CT molecular complexity index is 391. The largest absolute Gasteiger partial charge is 0.373 e. The summed E-state index contributed by atoms with van der Waals surface area (Å²) in [7, 11) is 0. The van der Waals surface area contributed by atoms with E-state index in [4.69, 9.17) is 9.47 Å². The smallest absolute Gasteiger partial charge is 0.105 e. The highest BCUT2D eigenvalue weighted by molar-refractivity contribution is 7.99. The van der Waals surface area contributed by atoms with Crippen LogP contribution in [0.1, 0.15) is 25.3 Å². The molecule has 2 atom stereocenters. The van der Waals surface area contributed by atoms with Gasteiger partial charge in [0.15, 0.2) is 0 Å². The maximum Gasteiger partial charge on any atom is 0.105 e. The van der Waals surface area contributed by atoms with E-state index < -0.39 is 0 Å². The fourth-order valence-corrected chi connectivity index (χ4v) is 3.04. The molecule has 104 valence electrons. The molecule has 0 bridgehead atoms. The fraction of sp³-hybridized carbons (Fsp3) is 0.500. The highest BCUT2D eigenvalue weighted by atomic mass is 32.2. The minimum Gasteiger partial charge on any atom is -0.373 e. The van der Waals surface area contributed by atoms with Gasteiger partial charge in [-0.1, -0.05) is 42.5 Å². The van der Waals surface area contributed by atoms with Gasteiger partial charge >= 0.3 is 0 Å². The Morgan fingerprint density at radius 2 is 2.21 bits per heavy atom. The predicted octanol–water partition coefficient (Wildman–Crippen LogP) is 4.02. The standard InChI is InChI=1S/C16H22O2S/c1-13(2)12-19-16-10-15(8-9-17-16)18-11-14-6-4-3-5-7-14/h3-7,15-16H,1,8-12H2,2H3. The Labute approximate surface area is 120 Å². The first-order chi connectivity index (χ1) is 9.24. The molecule has 1 aliphatic heterocycles. The first-order valence-corrected chi connectivity index (χ1v) is 7.82. The van der Waals surface area contributed by atoms with Gasteiger partial charge in [0, 0.05) is 12.2 Å². The number of benzene rings is 1. The third-order valence-corrected chi connectivity index (χ3v) is 4.40. The van der Waals surface area contributed by atoms with Crippen molar-refractivity contribution in [3.05, 3.63) is 48.0 Å². The van der Waals surface area contributed by atoms with Crippen molar-refractivity contribution in [3.63, 3.8) is 0 Å². The summed E-state index contributed by atoms with van der Waals surface area (Å²) in [5.74, 6) is 0.968. The highest BCUT2D eigenvalue weighted by Gasteiger charge is 2.23. The van der Waals surface area contributed by atoms with Gasteiger partial charge in [-0.2, -0.15) is 0 Å². The molecule has 1 aromatic carbocycles. The Morgan fingerprint density at radius 1 is 1.42 bits per heavy atom. The summed E-state index contributed by atoms with van der Waals surface area (Å²) < 4.78 is 11.7. The van der Waals surface area contributed by atoms with Crippen LogP contribution in [0.3, 0.4) is 0 Å². The van der Waals surface area contributed by atoms with Crippen LogP contribution >= 0.6 is 11.8 Å². The molecule has 0 spiro atoms. The molecule has 19 heavy (non-hydrogen) atoms. The van der Waals surface area contributed by atoms with Gasteiger partial charge in [-0.3, -0.25) is 0 Å². The molecular formula is C16H22O2S. The van der Waals surface area contributed by atoms with Gasteiger partial charge in [0.25, 0.3) is 0 Å². The van der Waals surface area contributed by atoms with Crippen LogP contribution in [0.4, 0.5) is 0 Å². The van der Waals surface area contributed by atoms with Gasteiger partial charge in [0.05, 0.1) is 19.3 Å². The average molecular weight is 278 g/mol. The van der Waals surface area contributed by atoms with Crippen LogP contribution in [0, 0.1) is 0 Å². The monoisotopic (exact) mass is 278 g/mol. The lowest BCUT2D eigenvalue weighted by Gasteiger charge is -2.29. The number of rotatable bonds is 6. The van der Waals surface area contributed by atoms with E-state index >= 15 is 0 Å². The summed E-state index contributed by atoms with van der Waals surface area (Å²) in [6.45, 7) is 7.48. The second-order valence-corrected chi connectivity index (χ2v) is 6.16. The van der Waals surface area contributed by atoms with Crippen molar-refractivity contribution in [1.29, 1.82) is 0 Å². The molecular weight excluding hydrogens is 256 g/mol. The van der Waals surface area contributed by atoms with Crippen LogP contribution in [0.25, 0.3) is 0 Å². The summed E-state index contributed by atoms with van der Waals surface area (Å²) >= 11 is 1.83. The molecule has 2 rings (SSSR count). The fourth-order valence-electron chi connectivity index (χ4n) is 2.02. The van der Waals surface area contributed by atoms with Gasteiger partial charge in [-0.15, -0.1) is 11.8 Å². The van der Waals surface area contributed by atoms with Gasteiger partial charge in [-0.05, 0) is 18.9 Å². The molecule has 0 amide bonds. The summed E-state index contributed by atoms with van der Waals surface area (Å²) in [5, 5.41) is 0. The van der Waals surface area contributed by atoms with Crippen molar-refractivity contribution in [2.45, 2.75) is 37.9 Å². The zero-order valence-corrected chi connectivity index (χ0v) is 12.3. The molecule has 2 nitrogen and oxygen atoms in total. The second-order valence-electron chi connectivity index (χ2n) is 5.01. The van der Waals surface area contributed by atoms with E-state index in [1.807, 2.05) is 30.0 Å². The Hall–Kier alpha value is -0.770. The van der Waals surface area contributed by atoms with Gasteiger partial charge < -0.3 is 9.47 Å². The summed E-state index contributed by atoms with van der Waals surface area (Å²) in [4.78, 5) is 0. The third kappa shape index (κ3) is 5.39. The molecule has 0 aromatic heterocycles. The Kier molecular flexibility index (Phi) is 5.95. The van der Waals surface area contributed by atoms with Gasteiger partial charge in [0.1, 0.15) is 5.44 Å². The van der Waals surface area contributed by atoms with E-state index in [-0.39, 0.29) is 5.44 Å². The Balaban J connectivity index is 1.73. The molecule has 0 N–H and O–H groups in total. The molecule has 1 fully saturated rings. The van der Waals surface area contributed by atoms with E-state index in [1.165, 1.54) is 11.1 Å². The SMILES string of the molecule is C=C(C)CSC1CC(OCc2ccccc2)CCO1. The molecule has 2 unspecified atom stereocenters. The van der Waals surface area contributed by atoms with E-state index in [0.29, 0.717) is 12.7 Å². The molecule has 0 saturated carbocycles. The molecule has 0 radical (unpaired) electrons. The van der Waals surface area contributed by atoms with E-state index in [2.05, 4.69) is 25.6 Å². The highest BCUT2D eigenvalue weighted by Crippen LogP contribution is 2.27. The zero-order chi connectivity index (χ0) is 13.5. The number of hydrogen-bond acceptors (Lipinski definition) is 3. The number of thioether (sulfide) groups is 1. The summed E-state index contributed by atoms with van der Waals surface area (Å²) in [5.41, 5.74) is 2.69. The minimum absolute atomic E-state index is 0.256.